The van der Waals surface area contributed by atoms with Gasteiger partial charge in [-0.2, -0.15) is 13.2 Å². The van der Waals surface area contributed by atoms with Crippen LogP contribution in [0.5, 0.6) is 5.88 Å². The molecule has 0 unspecified atom stereocenters. The molecule has 5 nitrogen and oxygen atoms in total. The number of pyridine rings is 1. The van der Waals surface area contributed by atoms with Crippen molar-refractivity contribution in [3.8, 4) is 5.88 Å². The van der Waals surface area contributed by atoms with Crippen LogP contribution in [-0.4, -0.2) is 55.3 Å². The van der Waals surface area contributed by atoms with Crippen molar-refractivity contribution in [2.45, 2.75) is 25.4 Å². The number of nitrogens with one attached hydrogen (secondary N) is 1. The molecule has 134 valence electrons. The third kappa shape index (κ3) is 5.67. The van der Waals surface area contributed by atoms with Crippen LogP contribution in [-0.2, 0) is 0 Å². The molecule has 0 radical (unpaired) electrons. The highest BCUT2D eigenvalue weighted by molar-refractivity contribution is 5.94. The van der Waals surface area contributed by atoms with E-state index in [1.807, 2.05) is 7.05 Å². The maximum Gasteiger partial charge on any atom is 0.422 e. The van der Waals surface area contributed by atoms with Crippen LogP contribution in [0.25, 0.3) is 0 Å². The Morgan fingerprint density at radius 3 is 2.62 bits per heavy atom. The molecule has 0 aliphatic carbocycles. The van der Waals surface area contributed by atoms with Gasteiger partial charge in [-0.05, 0) is 44.8 Å². The van der Waals surface area contributed by atoms with E-state index in [0.717, 1.165) is 25.8 Å². The van der Waals surface area contributed by atoms with E-state index >= 15 is 0 Å². The summed E-state index contributed by atoms with van der Waals surface area (Å²) >= 11 is 0. The van der Waals surface area contributed by atoms with Gasteiger partial charge in [0.25, 0.3) is 5.91 Å². The van der Waals surface area contributed by atoms with Crippen LogP contribution in [0.3, 0.4) is 0 Å². The van der Waals surface area contributed by atoms with E-state index in [9.17, 15) is 18.0 Å². The number of rotatable bonds is 6. The summed E-state index contributed by atoms with van der Waals surface area (Å²) in [5, 5.41) is 3.13. The zero-order chi connectivity index (χ0) is 17.6. The fourth-order valence-electron chi connectivity index (χ4n) is 2.70. The fraction of sp³-hybridized carbons (Fsp3) is 0.625. The second-order valence-electron chi connectivity index (χ2n) is 5.92. The lowest BCUT2D eigenvalue weighted by Crippen LogP contribution is -2.39. The van der Waals surface area contributed by atoms with Gasteiger partial charge in [-0.3, -0.25) is 4.79 Å². The third-order valence-corrected chi connectivity index (χ3v) is 4.07. The number of halogens is 3. The van der Waals surface area contributed by atoms with Crippen molar-refractivity contribution in [3.05, 3.63) is 23.9 Å². The molecule has 1 aromatic heterocycles. The second kappa shape index (κ2) is 8.32. The van der Waals surface area contributed by atoms with Gasteiger partial charge in [0.05, 0.1) is 5.56 Å². The predicted molar refractivity (Wildman–Crippen MR) is 83.0 cm³/mol. The van der Waals surface area contributed by atoms with Crippen LogP contribution in [0.4, 0.5) is 13.2 Å². The van der Waals surface area contributed by atoms with Crippen molar-refractivity contribution in [1.29, 1.82) is 0 Å². The molecule has 1 aliphatic heterocycles. The van der Waals surface area contributed by atoms with E-state index in [1.54, 1.807) is 4.90 Å². The summed E-state index contributed by atoms with van der Waals surface area (Å²) in [7, 11) is 1.92. The van der Waals surface area contributed by atoms with Gasteiger partial charge in [-0.1, -0.05) is 0 Å². The van der Waals surface area contributed by atoms with Gasteiger partial charge in [0.15, 0.2) is 6.61 Å². The Bertz CT molecular complexity index is 526. The monoisotopic (exact) mass is 345 g/mol. The first-order chi connectivity index (χ1) is 11.4. The Hall–Kier alpha value is -1.83. The number of alkyl halides is 3. The lowest BCUT2D eigenvalue weighted by Gasteiger charge is -2.32. The SMILES string of the molecule is CNCCC1CCN(C(=O)c2ccc(OCC(F)(F)F)nc2)CC1. The number of carbonyl (C=O) groups excluding carboxylic acids is 1. The molecule has 1 N–H and O–H groups in total. The number of amides is 1. The smallest absolute Gasteiger partial charge is 0.422 e. The molecule has 1 fully saturated rings. The number of hydrogen-bond donors (Lipinski definition) is 1. The van der Waals surface area contributed by atoms with Gasteiger partial charge in [-0.15, -0.1) is 0 Å². The molecule has 8 heteroatoms. The first-order valence-corrected chi connectivity index (χ1v) is 7.98. The Balaban J connectivity index is 1.84. The molecule has 1 aromatic rings. The number of piperidine rings is 1. The van der Waals surface area contributed by atoms with Crippen molar-refractivity contribution in [2.24, 2.45) is 5.92 Å². The summed E-state index contributed by atoms with van der Waals surface area (Å²) in [4.78, 5) is 17.9. The maximum atomic E-state index is 12.4. The fourth-order valence-corrected chi connectivity index (χ4v) is 2.70. The van der Waals surface area contributed by atoms with Gasteiger partial charge in [-0.25, -0.2) is 4.98 Å². The van der Waals surface area contributed by atoms with Gasteiger partial charge in [0.1, 0.15) is 0 Å². The highest BCUT2D eigenvalue weighted by atomic mass is 19.4. The first-order valence-electron chi connectivity index (χ1n) is 7.98. The Morgan fingerprint density at radius 1 is 1.38 bits per heavy atom. The molecule has 0 spiro atoms. The predicted octanol–water partition coefficient (Wildman–Crippen LogP) is 2.48. The molecule has 2 heterocycles. The highest BCUT2D eigenvalue weighted by Crippen LogP contribution is 2.22. The zero-order valence-corrected chi connectivity index (χ0v) is 13.6. The average molecular weight is 345 g/mol. The Kier molecular flexibility index (Phi) is 6.42. The summed E-state index contributed by atoms with van der Waals surface area (Å²) < 4.78 is 40.8. The Morgan fingerprint density at radius 2 is 2.08 bits per heavy atom. The topological polar surface area (TPSA) is 54.5 Å². The van der Waals surface area contributed by atoms with Crippen molar-refractivity contribution in [2.75, 3.05) is 33.3 Å². The van der Waals surface area contributed by atoms with Crippen LogP contribution in [0.1, 0.15) is 29.6 Å². The van der Waals surface area contributed by atoms with Gasteiger partial charge < -0.3 is 15.0 Å². The lowest BCUT2D eigenvalue weighted by atomic mass is 9.93. The number of aromatic nitrogens is 1. The second-order valence-corrected chi connectivity index (χ2v) is 5.92. The molecule has 0 aromatic carbocycles. The van der Waals surface area contributed by atoms with Gasteiger partial charge in [0.2, 0.25) is 5.88 Å². The summed E-state index contributed by atoms with van der Waals surface area (Å²) in [6, 6.07) is 2.74. The minimum absolute atomic E-state index is 0.142. The maximum absolute atomic E-state index is 12.4. The average Bonchev–Trinajstić information content (AvgIpc) is 2.58. The molecule has 0 bridgehead atoms. The molecular weight excluding hydrogens is 323 g/mol. The number of carbonyl (C=O) groups is 1. The van der Waals surface area contributed by atoms with Gasteiger partial charge in [0, 0.05) is 25.4 Å². The summed E-state index contributed by atoms with van der Waals surface area (Å²) in [6.07, 6.45) is -0.110. The number of hydrogen-bond acceptors (Lipinski definition) is 4. The van der Waals surface area contributed by atoms with E-state index in [2.05, 4.69) is 15.0 Å². The third-order valence-electron chi connectivity index (χ3n) is 4.07. The summed E-state index contributed by atoms with van der Waals surface area (Å²) in [5.41, 5.74) is 0.364. The van der Waals surface area contributed by atoms with Crippen molar-refractivity contribution >= 4 is 5.91 Å². The largest absolute Gasteiger partial charge is 0.468 e. The summed E-state index contributed by atoms with van der Waals surface area (Å²) in [5.74, 6) is 0.337. The number of ether oxygens (including phenoxy) is 1. The van der Waals surface area contributed by atoms with Crippen molar-refractivity contribution in [1.82, 2.24) is 15.2 Å². The van der Waals surface area contributed by atoms with E-state index in [4.69, 9.17) is 0 Å². The van der Waals surface area contributed by atoms with Crippen LogP contribution < -0.4 is 10.1 Å². The normalized spacial score (nSPS) is 16.2. The lowest BCUT2D eigenvalue weighted by molar-refractivity contribution is -0.154. The quantitative estimate of drug-likeness (QED) is 0.861. The molecular formula is C16H22F3N3O2. The molecule has 1 aliphatic rings. The van der Waals surface area contributed by atoms with Gasteiger partial charge >= 0.3 is 6.18 Å². The zero-order valence-electron chi connectivity index (χ0n) is 13.6. The highest BCUT2D eigenvalue weighted by Gasteiger charge is 2.29. The first kappa shape index (κ1) is 18.5. The van der Waals surface area contributed by atoms with E-state index in [1.165, 1.54) is 18.3 Å². The molecule has 0 saturated carbocycles. The summed E-state index contributed by atoms with van der Waals surface area (Å²) in [6.45, 7) is 0.967. The number of likely N-dealkylation sites (tertiary alicyclic amines) is 1. The minimum Gasteiger partial charge on any atom is -0.468 e. The van der Waals surface area contributed by atoms with Crippen LogP contribution in [0.15, 0.2) is 18.3 Å². The molecule has 1 amide bonds. The molecule has 2 rings (SSSR count). The van der Waals surface area contributed by atoms with E-state index < -0.39 is 12.8 Å². The van der Waals surface area contributed by atoms with Crippen LogP contribution >= 0.6 is 0 Å². The van der Waals surface area contributed by atoms with E-state index in [0.29, 0.717) is 24.6 Å². The van der Waals surface area contributed by atoms with Crippen molar-refractivity contribution < 1.29 is 22.7 Å². The minimum atomic E-state index is -4.41. The molecule has 24 heavy (non-hydrogen) atoms. The van der Waals surface area contributed by atoms with E-state index in [-0.39, 0.29) is 11.8 Å². The van der Waals surface area contributed by atoms with Crippen LogP contribution in [0, 0.1) is 5.92 Å². The standard InChI is InChI=1S/C16H22F3N3O2/c1-20-7-4-12-5-8-22(9-6-12)15(23)13-2-3-14(21-10-13)24-11-16(17,18)19/h2-3,10,12,20H,4-9,11H2,1H3. The Labute approximate surface area is 139 Å². The molecule has 0 atom stereocenters. The molecule has 1 saturated heterocycles. The van der Waals surface area contributed by atoms with Crippen LogP contribution in [0.2, 0.25) is 0 Å². The van der Waals surface area contributed by atoms with Crippen molar-refractivity contribution in [3.63, 3.8) is 0 Å². The number of nitrogens with zero attached hydrogens (tertiary/aromatic N) is 2.